The van der Waals surface area contributed by atoms with Crippen molar-refractivity contribution < 1.29 is 18.0 Å². The second kappa shape index (κ2) is 7.86. The Kier molecular flexibility index (Phi) is 5.07. The lowest BCUT2D eigenvalue weighted by atomic mass is 10.0. The van der Waals surface area contributed by atoms with Crippen LogP contribution in [0.5, 0.6) is 0 Å². The van der Waals surface area contributed by atoms with Crippen LogP contribution in [0.2, 0.25) is 0 Å². The lowest BCUT2D eigenvalue weighted by molar-refractivity contribution is -0.114. The van der Waals surface area contributed by atoms with Gasteiger partial charge in [0.2, 0.25) is 5.91 Å². The molecule has 0 fully saturated rings. The van der Waals surface area contributed by atoms with Crippen molar-refractivity contribution in [2.24, 2.45) is 0 Å². The lowest BCUT2D eigenvalue weighted by Crippen LogP contribution is -2.08. The maximum Gasteiger partial charge on any atom is 0.221 e. The first-order valence-corrected chi connectivity index (χ1v) is 8.91. The summed E-state index contributed by atoms with van der Waals surface area (Å²) in [4.78, 5) is 15.4. The number of rotatable bonds is 4. The number of pyridine rings is 1. The molecule has 3 N–H and O–H groups in total. The molecule has 31 heavy (non-hydrogen) atoms. The van der Waals surface area contributed by atoms with Crippen LogP contribution in [0, 0.1) is 17.5 Å². The standard InChI is InChI=1S/C20H14F3N7O/c1-10(31)26-13-4-2-3-11(7-13)12-8-14(19(24)25-9-12)20-27-28-29-30(20)18-16(22)6-5-15(21)17(18)23/h2-9H,1H3,(H2,24,25)(H,26,31). The van der Waals surface area contributed by atoms with E-state index in [1.807, 2.05) is 0 Å². The van der Waals surface area contributed by atoms with E-state index in [0.717, 1.165) is 10.7 Å². The van der Waals surface area contributed by atoms with Crippen LogP contribution in [-0.4, -0.2) is 31.1 Å². The lowest BCUT2D eigenvalue weighted by Gasteiger charge is -2.11. The third-order valence-corrected chi connectivity index (χ3v) is 4.38. The van der Waals surface area contributed by atoms with Crippen LogP contribution in [0.3, 0.4) is 0 Å². The van der Waals surface area contributed by atoms with Gasteiger partial charge in [-0.2, -0.15) is 4.68 Å². The highest BCUT2D eigenvalue weighted by molar-refractivity contribution is 5.89. The summed E-state index contributed by atoms with van der Waals surface area (Å²) >= 11 is 0. The van der Waals surface area contributed by atoms with Gasteiger partial charge < -0.3 is 11.1 Å². The number of amides is 1. The van der Waals surface area contributed by atoms with Gasteiger partial charge in [0.1, 0.15) is 11.5 Å². The molecule has 0 saturated heterocycles. The molecule has 0 radical (unpaired) electrons. The molecule has 0 spiro atoms. The number of hydrogen-bond donors (Lipinski definition) is 2. The summed E-state index contributed by atoms with van der Waals surface area (Å²) < 4.78 is 43.0. The summed E-state index contributed by atoms with van der Waals surface area (Å²) in [6.45, 7) is 1.39. The minimum atomic E-state index is -1.45. The fraction of sp³-hybridized carbons (Fsp3) is 0.0500. The van der Waals surface area contributed by atoms with E-state index in [4.69, 9.17) is 5.73 Å². The molecular formula is C20H14F3N7O. The summed E-state index contributed by atoms with van der Waals surface area (Å²) in [7, 11) is 0. The Morgan fingerprint density at radius 3 is 2.61 bits per heavy atom. The molecule has 0 saturated carbocycles. The van der Waals surface area contributed by atoms with Gasteiger partial charge in [-0.25, -0.2) is 18.2 Å². The molecule has 0 aliphatic heterocycles. The quantitative estimate of drug-likeness (QED) is 0.485. The molecule has 2 heterocycles. The van der Waals surface area contributed by atoms with Crippen LogP contribution < -0.4 is 11.1 Å². The fourth-order valence-corrected chi connectivity index (χ4v) is 3.01. The highest BCUT2D eigenvalue weighted by Crippen LogP contribution is 2.31. The normalized spacial score (nSPS) is 10.8. The van der Waals surface area contributed by atoms with Gasteiger partial charge in [-0.15, -0.1) is 5.10 Å². The number of halogens is 3. The molecular weight excluding hydrogens is 411 g/mol. The van der Waals surface area contributed by atoms with Crippen molar-refractivity contribution in [1.82, 2.24) is 25.2 Å². The van der Waals surface area contributed by atoms with Crippen molar-refractivity contribution in [2.45, 2.75) is 6.92 Å². The summed E-state index contributed by atoms with van der Waals surface area (Å²) in [5, 5.41) is 13.5. The summed E-state index contributed by atoms with van der Waals surface area (Å²) in [6.07, 6.45) is 1.49. The van der Waals surface area contributed by atoms with Crippen LogP contribution in [0.1, 0.15) is 6.92 Å². The van der Waals surface area contributed by atoms with Crippen molar-refractivity contribution in [3.05, 3.63) is 66.1 Å². The van der Waals surface area contributed by atoms with Crippen molar-refractivity contribution in [3.8, 4) is 28.2 Å². The molecule has 11 heteroatoms. The fourth-order valence-electron chi connectivity index (χ4n) is 3.01. The number of nitrogens with zero attached hydrogens (tertiary/aromatic N) is 5. The van der Waals surface area contributed by atoms with E-state index in [2.05, 4.69) is 25.8 Å². The molecule has 2 aromatic carbocycles. The molecule has 0 unspecified atom stereocenters. The minimum Gasteiger partial charge on any atom is -0.383 e. The molecule has 4 aromatic rings. The van der Waals surface area contributed by atoms with Crippen molar-refractivity contribution in [1.29, 1.82) is 0 Å². The topological polar surface area (TPSA) is 112 Å². The molecule has 4 rings (SSSR count). The smallest absolute Gasteiger partial charge is 0.221 e. The van der Waals surface area contributed by atoms with Gasteiger partial charge in [-0.1, -0.05) is 12.1 Å². The van der Waals surface area contributed by atoms with E-state index < -0.39 is 23.1 Å². The third kappa shape index (κ3) is 3.80. The van der Waals surface area contributed by atoms with Gasteiger partial charge in [-0.05, 0) is 46.3 Å². The van der Waals surface area contributed by atoms with Crippen LogP contribution in [0.25, 0.3) is 28.2 Å². The van der Waals surface area contributed by atoms with E-state index in [-0.39, 0.29) is 23.1 Å². The Morgan fingerprint density at radius 1 is 1.06 bits per heavy atom. The van der Waals surface area contributed by atoms with Crippen molar-refractivity contribution in [2.75, 3.05) is 11.1 Å². The average molecular weight is 425 g/mol. The van der Waals surface area contributed by atoms with E-state index in [9.17, 15) is 18.0 Å². The van der Waals surface area contributed by atoms with Gasteiger partial charge in [0.25, 0.3) is 0 Å². The number of nitrogens with two attached hydrogens (primary N) is 1. The Labute approximate surface area is 173 Å². The van der Waals surface area contributed by atoms with E-state index >= 15 is 0 Å². The first-order valence-electron chi connectivity index (χ1n) is 8.91. The molecule has 0 aliphatic rings. The van der Waals surface area contributed by atoms with Gasteiger partial charge in [-0.3, -0.25) is 4.79 Å². The second-order valence-corrected chi connectivity index (χ2v) is 6.52. The molecule has 156 valence electrons. The highest BCUT2D eigenvalue weighted by Gasteiger charge is 2.23. The maximum atomic E-state index is 14.3. The predicted octanol–water partition coefficient (Wildman–Crippen LogP) is 3.35. The number of hydrogen-bond acceptors (Lipinski definition) is 6. The minimum absolute atomic E-state index is 0.00460. The molecule has 2 aromatic heterocycles. The Hall–Kier alpha value is -4.28. The van der Waals surface area contributed by atoms with Gasteiger partial charge in [0.05, 0.1) is 5.56 Å². The van der Waals surface area contributed by atoms with Crippen LogP contribution in [0.15, 0.2) is 48.7 Å². The largest absolute Gasteiger partial charge is 0.383 e. The molecule has 8 nitrogen and oxygen atoms in total. The first kappa shape index (κ1) is 20.0. The average Bonchev–Trinajstić information content (AvgIpc) is 3.20. The Balaban J connectivity index is 1.83. The van der Waals surface area contributed by atoms with Gasteiger partial charge >= 0.3 is 0 Å². The SMILES string of the molecule is CC(=O)Nc1cccc(-c2cnc(N)c(-c3nnnn3-c3c(F)ccc(F)c3F)c2)c1. The summed E-state index contributed by atoms with van der Waals surface area (Å²) in [5.74, 6) is -4.13. The number of anilines is 2. The second-order valence-electron chi connectivity index (χ2n) is 6.52. The summed E-state index contributed by atoms with van der Waals surface area (Å²) in [5.41, 5.74) is 7.19. The summed E-state index contributed by atoms with van der Waals surface area (Å²) in [6, 6.07) is 9.95. The molecule has 0 atom stereocenters. The van der Waals surface area contributed by atoms with E-state index in [1.54, 1.807) is 30.3 Å². The Morgan fingerprint density at radius 2 is 1.84 bits per heavy atom. The number of aromatic nitrogens is 5. The maximum absolute atomic E-state index is 14.3. The van der Waals surface area contributed by atoms with E-state index in [1.165, 1.54) is 13.1 Å². The zero-order valence-corrected chi connectivity index (χ0v) is 16.0. The number of carbonyl (C=O) groups is 1. The van der Waals surface area contributed by atoms with Crippen molar-refractivity contribution in [3.63, 3.8) is 0 Å². The van der Waals surface area contributed by atoms with Crippen LogP contribution in [0.4, 0.5) is 24.7 Å². The predicted molar refractivity (Wildman–Crippen MR) is 106 cm³/mol. The third-order valence-electron chi connectivity index (χ3n) is 4.38. The molecule has 1 amide bonds. The number of nitrogens with one attached hydrogen (secondary N) is 1. The monoisotopic (exact) mass is 425 g/mol. The first-order chi connectivity index (χ1) is 14.8. The van der Waals surface area contributed by atoms with Gasteiger partial charge in [0, 0.05) is 24.4 Å². The number of benzene rings is 2. The van der Waals surface area contributed by atoms with Crippen LogP contribution in [-0.2, 0) is 4.79 Å². The number of nitrogen functional groups attached to an aromatic ring is 1. The van der Waals surface area contributed by atoms with Crippen molar-refractivity contribution >= 4 is 17.4 Å². The zero-order valence-electron chi connectivity index (χ0n) is 16.0. The van der Waals surface area contributed by atoms with E-state index in [0.29, 0.717) is 22.9 Å². The molecule has 0 bridgehead atoms. The van der Waals surface area contributed by atoms with Gasteiger partial charge in [0.15, 0.2) is 23.3 Å². The number of tetrazole rings is 1. The number of carbonyl (C=O) groups excluding carboxylic acids is 1. The highest BCUT2D eigenvalue weighted by atomic mass is 19.2. The molecule has 0 aliphatic carbocycles. The zero-order chi connectivity index (χ0) is 22.1. The Bertz CT molecular complexity index is 1310. The van der Waals surface area contributed by atoms with Crippen LogP contribution >= 0.6 is 0 Å².